The molecule has 1 aliphatic heterocycles. The first-order chi connectivity index (χ1) is 17.6. The van der Waals surface area contributed by atoms with E-state index in [-0.39, 0.29) is 18.0 Å². The lowest BCUT2D eigenvalue weighted by molar-refractivity contribution is -0.123. The smallest absolute Gasteiger partial charge is 0.229 e. The number of carbonyl (C=O) groups excluding carboxylic acids is 1. The first-order valence-electron chi connectivity index (χ1n) is 12.8. The molecule has 2 aromatic heterocycles. The van der Waals surface area contributed by atoms with Crippen molar-refractivity contribution in [2.75, 3.05) is 17.3 Å². The van der Waals surface area contributed by atoms with E-state index in [0.717, 1.165) is 11.4 Å². The Morgan fingerprint density at radius 2 is 1.92 bits per heavy atom. The number of pyridine rings is 1. The molecule has 0 radical (unpaired) electrons. The van der Waals surface area contributed by atoms with Gasteiger partial charge in [0, 0.05) is 40.8 Å². The number of ether oxygens (including phenoxy) is 1. The lowest BCUT2D eigenvalue weighted by Gasteiger charge is -2.29. The fraction of sp³-hybridized carbons (Fsp3) is 0.414. The molecule has 0 bridgehead atoms. The highest BCUT2D eigenvalue weighted by atomic mass is 32.1. The number of anilines is 2. The number of rotatable bonds is 6. The van der Waals surface area contributed by atoms with Gasteiger partial charge in [-0.1, -0.05) is 26.8 Å². The molecule has 194 valence electrons. The second-order valence-electron chi connectivity index (χ2n) is 11.0. The highest BCUT2D eigenvalue weighted by Gasteiger charge is 2.43. The highest BCUT2D eigenvalue weighted by Crippen LogP contribution is 2.47. The van der Waals surface area contributed by atoms with Crippen LogP contribution in [0.3, 0.4) is 0 Å². The highest BCUT2D eigenvalue weighted by molar-refractivity contribution is 7.80. The summed E-state index contributed by atoms with van der Waals surface area (Å²) >= 11 is 5.92. The van der Waals surface area contributed by atoms with E-state index in [0.29, 0.717) is 22.6 Å². The number of thiocarbonyl (C=S) groups is 1. The minimum atomic E-state index is -0.519. The van der Waals surface area contributed by atoms with Gasteiger partial charge in [-0.25, -0.2) is 0 Å². The Balaban J connectivity index is 1.59. The Kier molecular flexibility index (Phi) is 6.48. The topological polar surface area (TPSA) is 71.4 Å². The first-order valence-corrected chi connectivity index (χ1v) is 13.2. The molecule has 2 N–H and O–H groups in total. The summed E-state index contributed by atoms with van der Waals surface area (Å²) in [6.07, 6.45) is 4.27. The normalized spacial score (nSPS) is 19.6. The van der Waals surface area contributed by atoms with Gasteiger partial charge in [0.05, 0.1) is 30.6 Å². The summed E-state index contributed by atoms with van der Waals surface area (Å²) in [5, 5.41) is 7.18. The lowest BCUT2D eigenvalue weighted by atomic mass is 9.95. The van der Waals surface area contributed by atoms with Gasteiger partial charge in [-0.05, 0) is 74.8 Å². The quantitative estimate of drug-likeness (QED) is 0.391. The molecule has 2 atom stereocenters. The second kappa shape index (κ2) is 9.49. The molecule has 2 fully saturated rings. The maximum absolute atomic E-state index is 12.6. The number of carbonyl (C=O) groups is 1. The van der Waals surface area contributed by atoms with E-state index in [1.165, 1.54) is 29.8 Å². The molecule has 2 aliphatic rings. The van der Waals surface area contributed by atoms with Crippen LogP contribution in [0.5, 0.6) is 5.75 Å². The molecule has 8 heteroatoms. The Hall–Kier alpha value is -3.39. The van der Waals surface area contributed by atoms with Gasteiger partial charge in [0.25, 0.3) is 0 Å². The maximum atomic E-state index is 12.6. The zero-order valence-electron chi connectivity index (χ0n) is 22.3. The van der Waals surface area contributed by atoms with Crippen LogP contribution in [0.15, 0.2) is 48.7 Å². The van der Waals surface area contributed by atoms with Crippen molar-refractivity contribution in [2.45, 2.75) is 65.6 Å². The molecule has 0 unspecified atom stereocenters. The summed E-state index contributed by atoms with van der Waals surface area (Å²) in [7, 11) is 1.61. The largest absolute Gasteiger partial charge is 0.494 e. The van der Waals surface area contributed by atoms with E-state index in [1.54, 1.807) is 7.11 Å². The van der Waals surface area contributed by atoms with Crippen LogP contribution in [0.1, 0.15) is 74.4 Å². The van der Waals surface area contributed by atoms with Crippen LogP contribution < -0.4 is 20.3 Å². The number of hydrogen-bond donors (Lipinski definition) is 2. The lowest BCUT2D eigenvalue weighted by Crippen LogP contribution is -2.30. The third-order valence-corrected chi connectivity index (χ3v) is 7.56. The molecule has 1 saturated heterocycles. The summed E-state index contributed by atoms with van der Waals surface area (Å²) in [4.78, 5) is 19.5. The number of nitrogens with one attached hydrogen (secondary N) is 2. The van der Waals surface area contributed by atoms with Crippen LogP contribution >= 0.6 is 12.2 Å². The van der Waals surface area contributed by atoms with Gasteiger partial charge in [-0.3, -0.25) is 9.78 Å². The molecule has 5 rings (SSSR count). The standard InChI is InChI=1S/C29H35N5O2S/c1-17-15-21(18(2)33(17)19-10-11-19)26-25(23-9-7-8-14-30-23)32-28(37)34(26)20-12-13-22(24(16-20)36-6)31-27(35)29(3,4)5/h7-9,12-16,19,25-26H,10-11H2,1-6H3,(H,31,35)(H,32,37)/t25-,26+/m1/s1. The van der Waals surface area contributed by atoms with Crippen LogP contribution in [0, 0.1) is 19.3 Å². The van der Waals surface area contributed by atoms with Crippen LogP contribution in [0.25, 0.3) is 0 Å². The summed E-state index contributed by atoms with van der Waals surface area (Å²) in [5.74, 6) is 0.513. The van der Waals surface area contributed by atoms with Crippen LogP contribution in [0.2, 0.25) is 0 Å². The van der Waals surface area contributed by atoms with Gasteiger partial charge in [0.1, 0.15) is 5.75 Å². The fourth-order valence-electron chi connectivity index (χ4n) is 5.19. The molecule has 37 heavy (non-hydrogen) atoms. The van der Waals surface area contributed by atoms with Crippen molar-refractivity contribution in [1.82, 2.24) is 14.9 Å². The van der Waals surface area contributed by atoms with Gasteiger partial charge in [0.2, 0.25) is 5.91 Å². The minimum absolute atomic E-state index is 0.0717. The minimum Gasteiger partial charge on any atom is -0.494 e. The van der Waals surface area contributed by atoms with E-state index in [2.05, 4.69) is 45.0 Å². The number of hydrogen-bond acceptors (Lipinski definition) is 4. The van der Waals surface area contributed by atoms with Gasteiger partial charge in [-0.2, -0.15) is 0 Å². The third kappa shape index (κ3) is 4.70. The predicted molar refractivity (Wildman–Crippen MR) is 151 cm³/mol. The predicted octanol–water partition coefficient (Wildman–Crippen LogP) is 6.01. The number of amides is 1. The van der Waals surface area contributed by atoms with Gasteiger partial charge >= 0.3 is 0 Å². The number of aromatic nitrogens is 2. The number of aryl methyl sites for hydroxylation is 1. The summed E-state index contributed by atoms with van der Waals surface area (Å²) in [6, 6.07) is 14.5. The van der Waals surface area contributed by atoms with Gasteiger partial charge in [0.15, 0.2) is 5.11 Å². The fourth-order valence-corrected chi connectivity index (χ4v) is 5.53. The van der Waals surface area contributed by atoms with Crippen molar-refractivity contribution >= 4 is 34.6 Å². The second-order valence-corrected chi connectivity index (χ2v) is 11.4. The maximum Gasteiger partial charge on any atom is 0.229 e. The van der Waals surface area contributed by atoms with Crippen molar-refractivity contribution in [3.8, 4) is 5.75 Å². The molecule has 3 aromatic rings. The van der Waals surface area contributed by atoms with Crippen molar-refractivity contribution in [2.24, 2.45) is 5.41 Å². The van der Waals surface area contributed by atoms with E-state index < -0.39 is 5.41 Å². The molecule has 3 heterocycles. The molecular formula is C29H35N5O2S. The van der Waals surface area contributed by atoms with E-state index in [1.807, 2.05) is 63.4 Å². The number of benzene rings is 1. The Morgan fingerprint density at radius 1 is 1.16 bits per heavy atom. The molecule has 1 amide bonds. The van der Waals surface area contributed by atoms with E-state index in [9.17, 15) is 4.79 Å². The van der Waals surface area contributed by atoms with Crippen LogP contribution in [-0.2, 0) is 4.79 Å². The summed E-state index contributed by atoms with van der Waals surface area (Å²) in [5.41, 5.74) is 5.71. The van der Waals surface area contributed by atoms with Crippen LogP contribution in [0.4, 0.5) is 11.4 Å². The average Bonchev–Trinajstić information content (AvgIpc) is 3.57. The van der Waals surface area contributed by atoms with Gasteiger partial charge in [-0.15, -0.1) is 0 Å². The van der Waals surface area contributed by atoms with Crippen LogP contribution in [-0.4, -0.2) is 27.7 Å². The summed E-state index contributed by atoms with van der Waals surface area (Å²) < 4.78 is 8.18. The summed E-state index contributed by atoms with van der Waals surface area (Å²) in [6.45, 7) is 10.1. The van der Waals surface area contributed by atoms with Crippen molar-refractivity contribution in [3.05, 3.63) is 71.3 Å². The van der Waals surface area contributed by atoms with Crippen molar-refractivity contribution in [1.29, 1.82) is 0 Å². The molecule has 1 aromatic carbocycles. The molecule has 0 spiro atoms. The number of nitrogens with zero attached hydrogens (tertiary/aromatic N) is 3. The Morgan fingerprint density at radius 3 is 2.54 bits per heavy atom. The molecule has 1 aliphatic carbocycles. The van der Waals surface area contributed by atoms with Crippen molar-refractivity contribution < 1.29 is 9.53 Å². The zero-order valence-corrected chi connectivity index (χ0v) is 23.1. The average molecular weight is 518 g/mol. The van der Waals surface area contributed by atoms with E-state index >= 15 is 0 Å². The molecular weight excluding hydrogens is 482 g/mol. The monoisotopic (exact) mass is 517 g/mol. The van der Waals surface area contributed by atoms with Crippen molar-refractivity contribution in [3.63, 3.8) is 0 Å². The van der Waals surface area contributed by atoms with E-state index in [4.69, 9.17) is 17.0 Å². The third-order valence-electron chi connectivity index (χ3n) is 7.24. The molecule has 1 saturated carbocycles. The first kappa shape index (κ1) is 25.3. The zero-order chi connectivity index (χ0) is 26.5. The van der Waals surface area contributed by atoms with Gasteiger partial charge < -0.3 is 24.8 Å². The molecule has 7 nitrogen and oxygen atoms in total. The Labute approximate surface area is 224 Å². The Bertz CT molecular complexity index is 1340. The SMILES string of the molecule is COc1cc(N2C(=S)N[C@H](c3ccccn3)[C@@H]2c2cc(C)n(C3CC3)c2C)ccc1NC(=O)C(C)(C)C. The number of methoxy groups -OCH3 is 1.